The Morgan fingerprint density at radius 2 is 1.89 bits per heavy atom. The normalized spacial score (nSPS) is 10.8. The van der Waals surface area contributed by atoms with E-state index >= 15 is 0 Å². The molecule has 3 nitrogen and oxygen atoms in total. The molecule has 19 heavy (non-hydrogen) atoms. The molecule has 0 aliphatic rings. The van der Waals surface area contributed by atoms with Crippen molar-refractivity contribution in [3.8, 4) is 0 Å². The third-order valence-electron chi connectivity index (χ3n) is 3.48. The number of hydrogen-bond acceptors (Lipinski definition) is 2. The lowest BCUT2D eigenvalue weighted by Gasteiger charge is -2.11. The Kier molecular flexibility index (Phi) is 4.07. The molecular formula is C14H17Cl2N3. The summed E-state index contributed by atoms with van der Waals surface area (Å²) in [5, 5.41) is 4.17. The molecule has 0 saturated heterocycles. The van der Waals surface area contributed by atoms with Gasteiger partial charge in [0.15, 0.2) is 5.15 Å². The highest BCUT2D eigenvalue weighted by atomic mass is 35.5. The molecule has 0 spiro atoms. The number of pyridine rings is 1. The highest BCUT2D eigenvalue weighted by Crippen LogP contribution is 2.27. The molecule has 2 aromatic heterocycles. The number of aryl methyl sites for hydroxylation is 2. The molecule has 1 N–H and O–H groups in total. The number of nitrogens with one attached hydrogen (secondary N) is 1. The van der Waals surface area contributed by atoms with Gasteiger partial charge in [0.2, 0.25) is 0 Å². The molecule has 0 atom stereocenters. The number of anilines is 1. The summed E-state index contributed by atoms with van der Waals surface area (Å²) in [6.45, 7) is 6.89. The predicted octanol–water partition coefficient (Wildman–Crippen LogP) is 4.26. The maximum atomic E-state index is 6.11. The SMILES string of the molecule is Cc1cc(Cl)nc(Cl)c1NCc1cc(C)n(C)c1C. The van der Waals surface area contributed by atoms with Crippen LogP contribution in [-0.2, 0) is 13.6 Å². The van der Waals surface area contributed by atoms with Crippen LogP contribution in [0.3, 0.4) is 0 Å². The van der Waals surface area contributed by atoms with E-state index in [9.17, 15) is 0 Å². The van der Waals surface area contributed by atoms with Crippen LogP contribution < -0.4 is 5.32 Å². The maximum absolute atomic E-state index is 6.11. The minimum atomic E-state index is 0.412. The molecule has 2 aromatic rings. The molecule has 0 aliphatic heterocycles. The second-order valence-corrected chi connectivity index (χ2v) is 5.48. The second-order valence-electron chi connectivity index (χ2n) is 4.74. The summed E-state index contributed by atoms with van der Waals surface area (Å²) in [5.74, 6) is 0. The number of hydrogen-bond donors (Lipinski definition) is 1. The third kappa shape index (κ3) is 2.88. The lowest BCUT2D eigenvalue weighted by molar-refractivity contribution is 0.837. The van der Waals surface area contributed by atoms with Gasteiger partial charge in [-0.15, -0.1) is 0 Å². The van der Waals surface area contributed by atoms with Crippen molar-refractivity contribution >= 4 is 28.9 Å². The Bertz CT molecular complexity index is 594. The van der Waals surface area contributed by atoms with Crippen LogP contribution in [0, 0.1) is 20.8 Å². The summed E-state index contributed by atoms with van der Waals surface area (Å²) in [6, 6.07) is 3.98. The predicted molar refractivity (Wildman–Crippen MR) is 81.2 cm³/mol. The van der Waals surface area contributed by atoms with Gasteiger partial charge in [-0.3, -0.25) is 0 Å². The van der Waals surface area contributed by atoms with Crippen LogP contribution >= 0.6 is 23.2 Å². The van der Waals surface area contributed by atoms with Gasteiger partial charge in [0.25, 0.3) is 0 Å². The van der Waals surface area contributed by atoms with Crippen molar-refractivity contribution in [2.45, 2.75) is 27.3 Å². The van der Waals surface area contributed by atoms with Gasteiger partial charge in [0.1, 0.15) is 5.15 Å². The number of nitrogens with zero attached hydrogens (tertiary/aromatic N) is 2. The first kappa shape index (κ1) is 14.2. The highest BCUT2D eigenvalue weighted by molar-refractivity contribution is 6.34. The standard InChI is InChI=1S/C14H17Cl2N3/c1-8-5-12(15)18-14(16)13(8)17-7-11-6-9(2)19(4)10(11)3/h5-6,17H,7H2,1-4H3. The fourth-order valence-corrected chi connectivity index (χ4v) is 2.70. The highest BCUT2D eigenvalue weighted by Gasteiger charge is 2.10. The van der Waals surface area contributed by atoms with Crippen molar-refractivity contribution in [3.05, 3.63) is 45.0 Å². The van der Waals surface area contributed by atoms with Crippen LogP contribution in [0.4, 0.5) is 5.69 Å². The maximum Gasteiger partial charge on any atom is 0.154 e. The van der Waals surface area contributed by atoms with E-state index in [1.165, 1.54) is 17.0 Å². The Labute approximate surface area is 123 Å². The zero-order chi connectivity index (χ0) is 14.2. The van der Waals surface area contributed by atoms with Crippen LogP contribution in [0.15, 0.2) is 12.1 Å². The zero-order valence-corrected chi connectivity index (χ0v) is 13.0. The van der Waals surface area contributed by atoms with Crippen molar-refractivity contribution in [2.75, 3.05) is 5.32 Å². The minimum absolute atomic E-state index is 0.412. The molecule has 0 amide bonds. The van der Waals surface area contributed by atoms with Crippen LogP contribution in [0.5, 0.6) is 0 Å². The quantitative estimate of drug-likeness (QED) is 0.858. The smallest absolute Gasteiger partial charge is 0.154 e. The molecule has 0 bridgehead atoms. The average Bonchev–Trinajstić information content (AvgIpc) is 2.55. The van der Waals surface area contributed by atoms with Crippen molar-refractivity contribution in [2.24, 2.45) is 7.05 Å². The Morgan fingerprint density at radius 1 is 1.21 bits per heavy atom. The molecule has 0 aromatic carbocycles. The van der Waals surface area contributed by atoms with Crippen molar-refractivity contribution in [3.63, 3.8) is 0 Å². The first-order valence-corrected chi connectivity index (χ1v) is 6.84. The third-order valence-corrected chi connectivity index (χ3v) is 3.94. The summed E-state index contributed by atoms with van der Waals surface area (Å²) in [4.78, 5) is 4.06. The Morgan fingerprint density at radius 3 is 2.42 bits per heavy atom. The molecule has 0 radical (unpaired) electrons. The van der Waals surface area contributed by atoms with Gasteiger partial charge in [0.05, 0.1) is 5.69 Å². The van der Waals surface area contributed by atoms with Gasteiger partial charge in [-0.2, -0.15) is 0 Å². The molecule has 5 heteroatoms. The number of halogens is 2. The van der Waals surface area contributed by atoms with Gasteiger partial charge >= 0.3 is 0 Å². The first-order valence-electron chi connectivity index (χ1n) is 6.08. The van der Waals surface area contributed by atoms with Gasteiger partial charge < -0.3 is 9.88 Å². The molecule has 2 heterocycles. The zero-order valence-electron chi connectivity index (χ0n) is 11.5. The van der Waals surface area contributed by atoms with E-state index in [0.717, 1.165) is 17.8 Å². The van der Waals surface area contributed by atoms with Gasteiger partial charge in [-0.25, -0.2) is 4.98 Å². The fraction of sp³-hybridized carbons (Fsp3) is 0.357. The van der Waals surface area contributed by atoms with E-state index in [-0.39, 0.29) is 0 Å². The van der Waals surface area contributed by atoms with Crippen LogP contribution in [-0.4, -0.2) is 9.55 Å². The Balaban J connectivity index is 2.21. The van der Waals surface area contributed by atoms with E-state index < -0.39 is 0 Å². The lowest BCUT2D eigenvalue weighted by Crippen LogP contribution is -2.04. The van der Waals surface area contributed by atoms with E-state index in [1.54, 1.807) is 6.07 Å². The van der Waals surface area contributed by atoms with Gasteiger partial charge in [-0.05, 0) is 44.0 Å². The summed E-state index contributed by atoms with van der Waals surface area (Å²) >= 11 is 12.0. The summed E-state index contributed by atoms with van der Waals surface area (Å²) < 4.78 is 2.17. The summed E-state index contributed by atoms with van der Waals surface area (Å²) in [6.07, 6.45) is 0. The van der Waals surface area contributed by atoms with E-state index in [1.807, 2.05) is 6.92 Å². The first-order chi connectivity index (χ1) is 8.90. The van der Waals surface area contributed by atoms with Crippen molar-refractivity contribution < 1.29 is 0 Å². The van der Waals surface area contributed by atoms with E-state index in [4.69, 9.17) is 23.2 Å². The topological polar surface area (TPSA) is 29.9 Å². The Hall–Kier alpha value is -1.19. The number of aromatic nitrogens is 2. The largest absolute Gasteiger partial charge is 0.378 e. The van der Waals surface area contributed by atoms with Gasteiger partial charge in [0, 0.05) is 25.0 Å². The van der Waals surface area contributed by atoms with Crippen molar-refractivity contribution in [1.82, 2.24) is 9.55 Å². The van der Waals surface area contributed by atoms with Crippen LogP contribution in [0.2, 0.25) is 10.3 Å². The summed E-state index contributed by atoms with van der Waals surface area (Å²) in [7, 11) is 2.07. The molecule has 0 unspecified atom stereocenters. The summed E-state index contributed by atoms with van der Waals surface area (Å²) in [5.41, 5.74) is 5.58. The monoisotopic (exact) mass is 297 g/mol. The molecule has 2 rings (SSSR count). The molecule has 0 fully saturated rings. The fourth-order valence-electron chi connectivity index (χ4n) is 2.10. The van der Waals surface area contributed by atoms with E-state index in [2.05, 4.69) is 41.8 Å². The number of rotatable bonds is 3. The van der Waals surface area contributed by atoms with E-state index in [0.29, 0.717) is 10.3 Å². The molecule has 0 saturated carbocycles. The van der Waals surface area contributed by atoms with Crippen LogP contribution in [0.25, 0.3) is 0 Å². The molecular weight excluding hydrogens is 281 g/mol. The van der Waals surface area contributed by atoms with Gasteiger partial charge in [-0.1, -0.05) is 23.2 Å². The molecule has 102 valence electrons. The molecule has 0 aliphatic carbocycles. The second kappa shape index (κ2) is 5.43. The van der Waals surface area contributed by atoms with Crippen LogP contribution in [0.1, 0.15) is 22.5 Å². The minimum Gasteiger partial charge on any atom is -0.378 e. The van der Waals surface area contributed by atoms with Crippen molar-refractivity contribution in [1.29, 1.82) is 0 Å². The lowest BCUT2D eigenvalue weighted by atomic mass is 10.2. The average molecular weight is 298 g/mol.